The molecule has 0 unspecified atom stereocenters. The van der Waals surface area contributed by atoms with E-state index in [0.29, 0.717) is 37.6 Å². The summed E-state index contributed by atoms with van der Waals surface area (Å²) in [4.78, 5) is 20.3. The molecule has 0 aliphatic heterocycles. The van der Waals surface area contributed by atoms with Crippen LogP contribution in [0.1, 0.15) is 23.4 Å². The molecule has 0 radical (unpaired) electrons. The zero-order chi connectivity index (χ0) is 19.9. The van der Waals surface area contributed by atoms with Crippen LogP contribution in [-0.4, -0.2) is 25.7 Å². The van der Waals surface area contributed by atoms with Crippen LogP contribution in [0.2, 0.25) is 0 Å². The van der Waals surface area contributed by atoms with Crippen molar-refractivity contribution < 1.29 is 9.21 Å². The third kappa shape index (κ3) is 5.16. The van der Waals surface area contributed by atoms with Gasteiger partial charge >= 0.3 is 0 Å². The molecule has 1 N–H and O–H groups in total. The molecule has 0 fully saturated rings. The second-order valence-corrected chi connectivity index (χ2v) is 6.67. The maximum Gasteiger partial charge on any atom is 0.220 e. The Morgan fingerprint density at radius 2 is 1.83 bits per heavy atom. The zero-order valence-electron chi connectivity index (χ0n) is 15.9. The molecule has 0 saturated heterocycles. The molecule has 0 atom stereocenters. The number of hydrogen-bond acceptors (Lipinski definition) is 5. The molecule has 0 saturated carbocycles. The van der Waals surface area contributed by atoms with Gasteiger partial charge in [0.15, 0.2) is 11.7 Å². The third-order valence-electron chi connectivity index (χ3n) is 4.50. The molecule has 29 heavy (non-hydrogen) atoms. The van der Waals surface area contributed by atoms with E-state index in [1.54, 1.807) is 17.2 Å². The Kier molecular flexibility index (Phi) is 5.76. The summed E-state index contributed by atoms with van der Waals surface area (Å²) in [5.74, 6) is 1.25. The number of nitrogens with one attached hydrogen (secondary N) is 1. The van der Waals surface area contributed by atoms with Gasteiger partial charge in [-0.3, -0.25) is 4.79 Å². The van der Waals surface area contributed by atoms with Crippen molar-refractivity contribution >= 4 is 5.91 Å². The van der Waals surface area contributed by atoms with Crippen molar-refractivity contribution in [3.63, 3.8) is 0 Å². The number of hydrogen-bond donors (Lipinski definition) is 1. The fraction of sp³-hybridized carbons (Fsp3) is 0.182. The smallest absolute Gasteiger partial charge is 0.220 e. The van der Waals surface area contributed by atoms with Crippen molar-refractivity contribution in [3.8, 4) is 11.3 Å². The monoisotopic (exact) mass is 387 g/mol. The van der Waals surface area contributed by atoms with E-state index in [0.717, 1.165) is 16.7 Å². The number of rotatable bonds is 8. The lowest BCUT2D eigenvalue weighted by Gasteiger charge is -2.06. The van der Waals surface area contributed by atoms with Crippen LogP contribution in [0.3, 0.4) is 0 Å². The highest BCUT2D eigenvalue weighted by Crippen LogP contribution is 2.20. The number of nitrogens with zero attached hydrogens (tertiary/aromatic N) is 4. The minimum absolute atomic E-state index is 0.0313. The fourth-order valence-electron chi connectivity index (χ4n) is 2.94. The molecular formula is C22H21N5O2. The Morgan fingerprint density at radius 1 is 1.03 bits per heavy atom. The van der Waals surface area contributed by atoms with Gasteiger partial charge in [0, 0.05) is 24.9 Å². The lowest BCUT2D eigenvalue weighted by Crippen LogP contribution is -2.23. The molecule has 0 bridgehead atoms. The Morgan fingerprint density at radius 3 is 2.59 bits per heavy atom. The van der Waals surface area contributed by atoms with Crippen molar-refractivity contribution in [1.82, 2.24) is 25.1 Å². The molecule has 146 valence electrons. The van der Waals surface area contributed by atoms with Gasteiger partial charge < -0.3 is 9.73 Å². The second-order valence-electron chi connectivity index (χ2n) is 6.67. The topological polar surface area (TPSA) is 85.8 Å². The van der Waals surface area contributed by atoms with E-state index in [-0.39, 0.29) is 5.91 Å². The summed E-state index contributed by atoms with van der Waals surface area (Å²) in [5.41, 5.74) is 3.15. The molecule has 2 aromatic carbocycles. The molecule has 7 heteroatoms. The quantitative estimate of drug-likeness (QED) is 0.502. The third-order valence-corrected chi connectivity index (χ3v) is 4.50. The first kappa shape index (κ1) is 18.6. The lowest BCUT2D eigenvalue weighted by molar-refractivity contribution is -0.121. The summed E-state index contributed by atoms with van der Waals surface area (Å²) < 4.78 is 7.50. The lowest BCUT2D eigenvalue weighted by atomic mass is 10.1. The Balaban J connectivity index is 1.22. The van der Waals surface area contributed by atoms with E-state index in [4.69, 9.17) is 4.42 Å². The molecule has 0 spiro atoms. The summed E-state index contributed by atoms with van der Waals surface area (Å²) in [6.45, 7) is 1.16. The van der Waals surface area contributed by atoms with Gasteiger partial charge in [0.25, 0.3) is 0 Å². The zero-order valence-corrected chi connectivity index (χ0v) is 15.9. The summed E-state index contributed by atoms with van der Waals surface area (Å²) in [6, 6.07) is 17.9. The molecule has 4 rings (SSSR count). The summed E-state index contributed by atoms with van der Waals surface area (Å²) in [7, 11) is 0. The van der Waals surface area contributed by atoms with Crippen LogP contribution < -0.4 is 5.32 Å². The first-order valence-electron chi connectivity index (χ1n) is 9.43. The average Bonchev–Trinajstić information content (AvgIpc) is 3.45. The highest BCUT2D eigenvalue weighted by molar-refractivity contribution is 5.76. The Labute approximate surface area is 168 Å². The van der Waals surface area contributed by atoms with Crippen LogP contribution in [0.5, 0.6) is 0 Å². The molecule has 0 aliphatic carbocycles. The largest absolute Gasteiger partial charge is 0.441 e. The molecular weight excluding hydrogens is 366 g/mol. The number of aromatic nitrogens is 4. The molecule has 2 heterocycles. The van der Waals surface area contributed by atoms with Gasteiger partial charge in [0.1, 0.15) is 12.7 Å². The summed E-state index contributed by atoms with van der Waals surface area (Å²) in [6.07, 6.45) is 5.70. The molecule has 1 amide bonds. The normalized spacial score (nSPS) is 10.8. The number of carbonyl (C=O) groups is 1. The summed E-state index contributed by atoms with van der Waals surface area (Å²) in [5, 5.41) is 7.03. The molecule has 2 aromatic heterocycles. The standard InChI is InChI=1S/C22H21N5O2/c28-21(10-11-22-25-13-20(29-22)19-4-2-1-3-5-19)24-12-17-6-8-18(9-7-17)14-27-16-23-15-26-27/h1-9,13,15-16H,10-12,14H2,(H,24,28). The first-order chi connectivity index (χ1) is 14.3. The van der Waals surface area contributed by atoms with E-state index >= 15 is 0 Å². The fourth-order valence-corrected chi connectivity index (χ4v) is 2.94. The van der Waals surface area contributed by atoms with Gasteiger partial charge in [0.2, 0.25) is 5.91 Å². The van der Waals surface area contributed by atoms with E-state index in [9.17, 15) is 4.79 Å². The van der Waals surface area contributed by atoms with Crippen molar-refractivity contribution in [3.05, 3.63) is 90.5 Å². The first-order valence-corrected chi connectivity index (χ1v) is 9.43. The minimum atomic E-state index is -0.0313. The van der Waals surface area contributed by atoms with Crippen LogP contribution in [0.4, 0.5) is 0 Å². The van der Waals surface area contributed by atoms with E-state index in [2.05, 4.69) is 20.4 Å². The van der Waals surface area contributed by atoms with Crippen LogP contribution in [0.15, 0.2) is 77.9 Å². The van der Waals surface area contributed by atoms with Crippen molar-refractivity contribution in [1.29, 1.82) is 0 Å². The number of oxazole rings is 1. The highest BCUT2D eigenvalue weighted by Gasteiger charge is 2.09. The van der Waals surface area contributed by atoms with E-state index < -0.39 is 0 Å². The maximum absolute atomic E-state index is 12.1. The number of amides is 1. The molecule has 7 nitrogen and oxygen atoms in total. The number of benzene rings is 2. The second kappa shape index (κ2) is 8.97. The van der Waals surface area contributed by atoms with Gasteiger partial charge in [-0.2, -0.15) is 5.10 Å². The molecule has 4 aromatic rings. The van der Waals surface area contributed by atoms with Crippen molar-refractivity contribution in [2.24, 2.45) is 0 Å². The minimum Gasteiger partial charge on any atom is -0.441 e. The predicted molar refractivity (Wildman–Crippen MR) is 108 cm³/mol. The maximum atomic E-state index is 12.1. The van der Waals surface area contributed by atoms with Crippen molar-refractivity contribution in [2.75, 3.05) is 0 Å². The van der Waals surface area contributed by atoms with Gasteiger partial charge in [-0.25, -0.2) is 14.6 Å². The van der Waals surface area contributed by atoms with Gasteiger partial charge in [0.05, 0.1) is 12.7 Å². The highest BCUT2D eigenvalue weighted by atomic mass is 16.4. The van der Waals surface area contributed by atoms with Crippen molar-refractivity contribution in [2.45, 2.75) is 25.9 Å². The number of aryl methyl sites for hydroxylation is 1. The summed E-state index contributed by atoms with van der Waals surface area (Å²) >= 11 is 0. The molecule has 0 aliphatic rings. The van der Waals surface area contributed by atoms with Gasteiger partial charge in [-0.15, -0.1) is 0 Å². The SMILES string of the molecule is O=C(CCc1ncc(-c2ccccc2)o1)NCc1ccc(Cn2cncn2)cc1. The van der Waals surface area contributed by atoms with Gasteiger partial charge in [-0.1, -0.05) is 54.6 Å². The van der Waals surface area contributed by atoms with Crippen LogP contribution >= 0.6 is 0 Å². The Hall–Kier alpha value is -3.74. The van der Waals surface area contributed by atoms with E-state index in [1.165, 1.54) is 6.33 Å². The number of carbonyl (C=O) groups excluding carboxylic acids is 1. The predicted octanol–water partition coefficient (Wildman–Crippen LogP) is 3.23. The Bertz CT molecular complexity index is 1040. The van der Waals surface area contributed by atoms with Crippen LogP contribution in [0, 0.1) is 0 Å². The average molecular weight is 387 g/mol. The van der Waals surface area contributed by atoms with Crippen LogP contribution in [-0.2, 0) is 24.3 Å². The van der Waals surface area contributed by atoms with Crippen LogP contribution in [0.25, 0.3) is 11.3 Å². The van der Waals surface area contributed by atoms with E-state index in [1.807, 2.05) is 54.6 Å². The van der Waals surface area contributed by atoms with Gasteiger partial charge in [-0.05, 0) is 11.1 Å².